The molecule has 0 saturated heterocycles. The first kappa shape index (κ1) is 24.9. The lowest BCUT2D eigenvalue weighted by molar-refractivity contribution is -0.144. The summed E-state index contributed by atoms with van der Waals surface area (Å²) in [5.41, 5.74) is 1.89. The van der Waals surface area contributed by atoms with Crippen LogP contribution in [0, 0.1) is 12.8 Å². The number of esters is 1. The smallest absolute Gasteiger partial charge is 0.324 e. The van der Waals surface area contributed by atoms with Gasteiger partial charge in [0.1, 0.15) is 6.04 Å². The second-order valence-electron chi connectivity index (χ2n) is 8.95. The van der Waals surface area contributed by atoms with Crippen molar-refractivity contribution >= 4 is 38.4 Å². The van der Waals surface area contributed by atoms with Crippen LogP contribution in [-0.4, -0.2) is 33.4 Å². The SMILES string of the molecule is COC(=O)[C@H](NS(=O)(=O)c1ccc(NC(=O)c2ccccc2C)c2ccccc12)C1CCCCC1. The summed E-state index contributed by atoms with van der Waals surface area (Å²) in [4.78, 5) is 25.5. The number of carbonyl (C=O) groups is 2. The van der Waals surface area contributed by atoms with Gasteiger partial charge in [-0.2, -0.15) is 4.72 Å². The lowest BCUT2D eigenvalue weighted by Crippen LogP contribution is -2.47. The summed E-state index contributed by atoms with van der Waals surface area (Å²) in [7, 11) is -2.79. The van der Waals surface area contributed by atoms with Crippen LogP contribution in [0.25, 0.3) is 10.8 Å². The zero-order valence-electron chi connectivity index (χ0n) is 19.9. The highest BCUT2D eigenvalue weighted by atomic mass is 32.2. The minimum absolute atomic E-state index is 0.0479. The molecule has 0 radical (unpaired) electrons. The molecule has 1 atom stereocenters. The number of benzene rings is 3. The van der Waals surface area contributed by atoms with Crippen LogP contribution in [0.15, 0.2) is 65.6 Å². The van der Waals surface area contributed by atoms with Gasteiger partial charge in [-0.3, -0.25) is 9.59 Å². The Morgan fingerprint density at radius 3 is 2.26 bits per heavy atom. The van der Waals surface area contributed by atoms with Crippen molar-refractivity contribution in [3.63, 3.8) is 0 Å². The lowest BCUT2D eigenvalue weighted by Gasteiger charge is -2.29. The van der Waals surface area contributed by atoms with Gasteiger partial charge < -0.3 is 10.1 Å². The molecule has 0 aromatic heterocycles. The van der Waals surface area contributed by atoms with Crippen molar-refractivity contribution in [1.82, 2.24) is 4.72 Å². The van der Waals surface area contributed by atoms with E-state index in [0.717, 1.165) is 37.7 Å². The highest BCUT2D eigenvalue weighted by Crippen LogP contribution is 2.32. The summed E-state index contributed by atoms with van der Waals surface area (Å²) in [6.07, 6.45) is 4.54. The molecule has 0 aliphatic heterocycles. The monoisotopic (exact) mass is 494 g/mol. The van der Waals surface area contributed by atoms with Gasteiger partial charge in [-0.1, -0.05) is 61.7 Å². The molecule has 8 heteroatoms. The molecular weight excluding hydrogens is 464 g/mol. The number of fused-ring (bicyclic) bond motifs is 1. The van der Waals surface area contributed by atoms with Crippen molar-refractivity contribution in [3.05, 3.63) is 71.8 Å². The average molecular weight is 495 g/mol. The van der Waals surface area contributed by atoms with E-state index in [0.29, 0.717) is 22.0 Å². The van der Waals surface area contributed by atoms with Crippen molar-refractivity contribution in [3.8, 4) is 0 Å². The van der Waals surface area contributed by atoms with E-state index in [2.05, 4.69) is 10.0 Å². The minimum atomic E-state index is -4.06. The summed E-state index contributed by atoms with van der Waals surface area (Å²) in [5.74, 6) is -0.957. The molecule has 1 saturated carbocycles. The first-order valence-electron chi connectivity index (χ1n) is 11.8. The molecule has 1 fully saturated rings. The second-order valence-corrected chi connectivity index (χ2v) is 10.6. The molecule has 0 unspecified atom stereocenters. The largest absolute Gasteiger partial charge is 0.468 e. The third-order valence-corrected chi connectivity index (χ3v) is 8.17. The van der Waals surface area contributed by atoms with Crippen LogP contribution >= 0.6 is 0 Å². The first-order chi connectivity index (χ1) is 16.8. The fraction of sp³-hybridized carbons (Fsp3) is 0.333. The maximum atomic E-state index is 13.5. The minimum Gasteiger partial charge on any atom is -0.468 e. The van der Waals surface area contributed by atoms with Gasteiger partial charge >= 0.3 is 5.97 Å². The number of aryl methyl sites for hydroxylation is 1. The zero-order chi connectivity index (χ0) is 25.0. The predicted octanol–water partition coefficient (Wildman–Crippen LogP) is 4.80. The maximum absolute atomic E-state index is 13.5. The number of carbonyl (C=O) groups excluding carboxylic acids is 2. The number of rotatable bonds is 7. The number of hydrogen-bond donors (Lipinski definition) is 2. The maximum Gasteiger partial charge on any atom is 0.324 e. The third-order valence-electron chi connectivity index (χ3n) is 6.67. The van der Waals surface area contributed by atoms with Crippen molar-refractivity contribution in [1.29, 1.82) is 0 Å². The van der Waals surface area contributed by atoms with Crippen LogP contribution in [0.2, 0.25) is 0 Å². The Morgan fingerprint density at radius 2 is 1.57 bits per heavy atom. The fourth-order valence-electron chi connectivity index (χ4n) is 4.79. The van der Waals surface area contributed by atoms with E-state index in [9.17, 15) is 18.0 Å². The van der Waals surface area contributed by atoms with Gasteiger partial charge in [0, 0.05) is 22.0 Å². The summed E-state index contributed by atoms with van der Waals surface area (Å²) in [6, 6.07) is 16.4. The van der Waals surface area contributed by atoms with E-state index in [1.54, 1.807) is 42.5 Å². The van der Waals surface area contributed by atoms with Gasteiger partial charge in [0.15, 0.2) is 0 Å². The van der Waals surface area contributed by atoms with Crippen LogP contribution < -0.4 is 10.0 Å². The average Bonchev–Trinajstić information content (AvgIpc) is 2.87. The van der Waals surface area contributed by atoms with Crippen LogP contribution in [-0.2, 0) is 19.6 Å². The Bertz CT molecular complexity index is 1350. The predicted molar refractivity (Wildman–Crippen MR) is 136 cm³/mol. The quantitative estimate of drug-likeness (QED) is 0.460. The highest BCUT2D eigenvalue weighted by Gasteiger charge is 2.35. The molecule has 2 N–H and O–H groups in total. The topological polar surface area (TPSA) is 102 Å². The van der Waals surface area contributed by atoms with Gasteiger partial charge in [0.2, 0.25) is 10.0 Å². The molecule has 3 aromatic carbocycles. The Labute approximate surface area is 205 Å². The lowest BCUT2D eigenvalue weighted by atomic mass is 9.84. The third kappa shape index (κ3) is 5.39. The van der Waals surface area contributed by atoms with Gasteiger partial charge in [-0.15, -0.1) is 0 Å². The Balaban J connectivity index is 1.68. The van der Waals surface area contributed by atoms with Gasteiger partial charge in [0.05, 0.1) is 12.0 Å². The molecule has 0 bridgehead atoms. The zero-order valence-corrected chi connectivity index (χ0v) is 20.7. The van der Waals surface area contributed by atoms with Gasteiger partial charge in [0.25, 0.3) is 5.91 Å². The van der Waals surface area contributed by atoms with E-state index < -0.39 is 22.0 Å². The van der Waals surface area contributed by atoms with Crippen LogP contribution in [0.5, 0.6) is 0 Å². The molecule has 3 aromatic rings. The second kappa shape index (κ2) is 10.6. The molecule has 7 nitrogen and oxygen atoms in total. The molecular formula is C27H30N2O5S. The molecule has 0 heterocycles. The number of amides is 1. The highest BCUT2D eigenvalue weighted by molar-refractivity contribution is 7.89. The summed E-state index contributed by atoms with van der Waals surface area (Å²) in [6.45, 7) is 1.86. The van der Waals surface area contributed by atoms with Crippen LogP contribution in [0.4, 0.5) is 5.69 Å². The molecule has 0 spiro atoms. The number of hydrogen-bond acceptors (Lipinski definition) is 5. The molecule has 35 heavy (non-hydrogen) atoms. The summed E-state index contributed by atoms with van der Waals surface area (Å²) in [5, 5.41) is 3.95. The number of anilines is 1. The Morgan fingerprint density at radius 1 is 0.914 bits per heavy atom. The van der Waals surface area contributed by atoms with Crippen molar-refractivity contribution in [2.24, 2.45) is 5.92 Å². The Hall–Kier alpha value is -3.23. The van der Waals surface area contributed by atoms with Crippen molar-refractivity contribution < 1.29 is 22.7 Å². The van der Waals surface area contributed by atoms with Crippen LogP contribution in [0.3, 0.4) is 0 Å². The summed E-state index contributed by atoms with van der Waals surface area (Å²) < 4.78 is 34.6. The van der Waals surface area contributed by atoms with E-state index in [1.807, 2.05) is 19.1 Å². The first-order valence-corrected chi connectivity index (χ1v) is 13.3. The fourth-order valence-corrected chi connectivity index (χ4v) is 6.26. The number of nitrogens with one attached hydrogen (secondary N) is 2. The molecule has 4 rings (SSSR count). The number of ether oxygens (including phenoxy) is 1. The van der Waals surface area contributed by atoms with E-state index in [1.165, 1.54) is 13.2 Å². The normalized spacial score (nSPS) is 15.5. The van der Waals surface area contributed by atoms with Crippen LogP contribution in [0.1, 0.15) is 48.0 Å². The van der Waals surface area contributed by atoms with E-state index in [-0.39, 0.29) is 16.7 Å². The molecule has 1 amide bonds. The number of sulfonamides is 1. The van der Waals surface area contributed by atoms with Gasteiger partial charge in [-0.05, 0) is 49.4 Å². The van der Waals surface area contributed by atoms with E-state index in [4.69, 9.17) is 4.74 Å². The number of methoxy groups -OCH3 is 1. The molecule has 184 valence electrons. The standard InChI is InChI=1S/C27H30N2O5S/c1-18-10-6-7-13-20(18)26(30)28-23-16-17-24(22-15-9-8-14-21(22)23)35(32,33)29-25(27(31)34-2)19-11-4-3-5-12-19/h6-10,13-17,19,25,29H,3-5,11-12H2,1-2H3,(H,28,30)/t25-/m1/s1. The molecule has 1 aliphatic carbocycles. The van der Waals surface area contributed by atoms with Crippen molar-refractivity contribution in [2.45, 2.75) is 50.0 Å². The summed E-state index contributed by atoms with van der Waals surface area (Å²) >= 11 is 0. The van der Waals surface area contributed by atoms with Gasteiger partial charge in [-0.25, -0.2) is 8.42 Å². The molecule has 1 aliphatic rings. The Kier molecular flexibility index (Phi) is 7.52. The van der Waals surface area contributed by atoms with Crippen molar-refractivity contribution in [2.75, 3.05) is 12.4 Å². The van der Waals surface area contributed by atoms with E-state index >= 15 is 0 Å².